The topological polar surface area (TPSA) is 26.0 Å². The van der Waals surface area contributed by atoms with Crippen molar-refractivity contribution in [1.82, 2.24) is 0 Å². The van der Waals surface area contributed by atoms with Crippen LogP contribution in [0.2, 0.25) is 5.02 Å². The summed E-state index contributed by atoms with van der Waals surface area (Å²) in [6.07, 6.45) is 0. The van der Waals surface area contributed by atoms with Gasteiger partial charge >= 0.3 is 0 Å². The Morgan fingerprint density at radius 1 is 1.07 bits per heavy atom. The lowest BCUT2D eigenvalue weighted by molar-refractivity contribution is 1.60. The summed E-state index contributed by atoms with van der Waals surface area (Å²) in [5.74, 6) is 0. The fraction of sp³-hybridized carbons (Fsp3) is 0. The van der Waals surface area contributed by atoms with Crippen LogP contribution in [0.3, 0.4) is 0 Å². The van der Waals surface area contributed by atoms with Crippen LogP contribution in [0, 0.1) is 6.07 Å². The Labute approximate surface area is 88.1 Å². The molecule has 0 fully saturated rings. The van der Waals surface area contributed by atoms with Crippen LogP contribution in [0.5, 0.6) is 0 Å². The number of halogens is 1. The van der Waals surface area contributed by atoms with Gasteiger partial charge in [-0.1, -0.05) is 41.9 Å². The number of benzene rings is 2. The summed E-state index contributed by atoms with van der Waals surface area (Å²) in [6.45, 7) is 0. The number of nitrogen functional groups attached to an aromatic ring is 1. The van der Waals surface area contributed by atoms with E-state index < -0.39 is 0 Å². The fourth-order valence-corrected chi connectivity index (χ4v) is 1.60. The summed E-state index contributed by atoms with van der Waals surface area (Å²) in [5.41, 5.74) is 8.50. The van der Waals surface area contributed by atoms with Crippen LogP contribution >= 0.6 is 11.6 Å². The van der Waals surface area contributed by atoms with Crippen LogP contribution in [0.4, 0.5) is 5.69 Å². The van der Waals surface area contributed by atoms with Crippen LogP contribution < -0.4 is 5.73 Å². The Bertz CT molecular complexity index is 408. The summed E-state index contributed by atoms with van der Waals surface area (Å²) in [6, 6.07) is 16.1. The Morgan fingerprint density at radius 3 is 2.57 bits per heavy atom. The molecule has 2 aromatic carbocycles. The van der Waals surface area contributed by atoms with Crippen molar-refractivity contribution in [1.29, 1.82) is 0 Å². The molecule has 2 heteroatoms. The first kappa shape index (κ1) is 9.10. The first-order chi connectivity index (χ1) is 6.79. The van der Waals surface area contributed by atoms with E-state index in [1.165, 1.54) is 0 Å². The van der Waals surface area contributed by atoms with Gasteiger partial charge in [0.1, 0.15) is 0 Å². The van der Waals surface area contributed by atoms with Gasteiger partial charge in [-0.3, -0.25) is 0 Å². The van der Waals surface area contributed by atoms with E-state index >= 15 is 0 Å². The maximum atomic E-state index is 6.04. The minimum Gasteiger partial charge on any atom is -0.398 e. The molecule has 0 heterocycles. The minimum absolute atomic E-state index is 0.672. The first-order valence-corrected chi connectivity index (χ1v) is 4.67. The van der Waals surface area contributed by atoms with Gasteiger partial charge in [-0.2, -0.15) is 0 Å². The zero-order valence-corrected chi connectivity index (χ0v) is 8.25. The predicted molar refractivity (Wildman–Crippen MR) is 60.1 cm³/mol. The third-order valence-electron chi connectivity index (χ3n) is 2.06. The van der Waals surface area contributed by atoms with Crippen molar-refractivity contribution in [3.05, 3.63) is 53.6 Å². The quantitative estimate of drug-likeness (QED) is 0.705. The number of hydrogen-bond acceptors (Lipinski definition) is 1. The van der Waals surface area contributed by atoms with E-state index in [0.717, 1.165) is 16.8 Å². The van der Waals surface area contributed by atoms with Crippen molar-refractivity contribution >= 4 is 17.3 Å². The molecule has 0 bridgehead atoms. The average Bonchev–Trinajstić information content (AvgIpc) is 2.20. The van der Waals surface area contributed by atoms with E-state index in [2.05, 4.69) is 6.07 Å². The molecule has 1 radical (unpaired) electrons. The van der Waals surface area contributed by atoms with Gasteiger partial charge in [0.05, 0.1) is 0 Å². The second kappa shape index (κ2) is 3.72. The van der Waals surface area contributed by atoms with Gasteiger partial charge in [-0.05, 0) is 18.2 Å². The molecule has 69 valence electrons. The smallest absolute Gasteiger partial charge is 0.0491 e. The zero-order chi connectivity index (χ0) is 9.97. The van der Waals surface area contributed by atoms with Crippen LogP contribution in [0.15, 0.2) is 42.5 Å². The van der Waals surface area contributed by atoms with Crippen LogP contribution in [0.1, 0.15) is 0 Å². The molecule has 2 aromatic rings. The molecule has 0 aliphatic heterocycles. The molecule has 14 heavy (non-hydrogen) atoms. The third kappa shape index (κ3) is 1.59. The van der Waals surface area contributed by atoms with Crippen molar-refractivity contribution in [2.75, 3.05) is 5.73 Å². The van der Waals surface area contributed by atoms with E-state index in [1.807, 2.05) is 36.4 Å². The molecule has 0 atom stereocenters. The SMILES string of the molecule is Nc1ccccc1-c1cc[c]cc1Cl. The molecule has 1 nitrogen and oxygen atoms in total. The lowest BCUT2D eigenvalue weighted by Crippen LogP contribution is -1.89. The highest BCUT2D eigenvalue weighted by Crippen LogP contribution is 2.30. The summed E-state index contributed by atoms with van der Waals surface area (Å²) in [4.78, 5) is 0. The molecule has 2 N–H and O–H groups in total. The van der Waals surface area contributed by atoms with E-state index in [4.69, 9.17) is 17.3 Å². The van der Waals surface area contributed by atoms with Crippen LogP contribution in [-0.2, 0) is 0 Å². The number of para-hydroxylation sites is 1. The molecule has 0 saturated heterocycles. The normalized spacial score (nSPS) is 10.1. The summed E-state index contributed by atoms with van der Waals surface area (Å²) in [5, 5.41) is 0.672. The molecule has 2 rings (SSSR count). The highest BCUT2D eigenvalue weighted by molar-refractivity contribution is 6.33. The Balaban J connectivity index is 2.61. The van der Waals surface area contributed by atoms with Crippen molar-refractivity contribution < 1.29 is 0 Å². The minimum atomic E-state index is 0.672. The van der Waals surface area contributed by atoms with E-state index in [1.54, 1.807) is 6.07 Å². The lowest BCUT2D eigenvalue weighted by atomic mass is 10.0. The van der Waals surface area contributed by atoms with Gasteiger partial charge < -0.3 is 5.73 Å². The molecule has 0 spiro atoms. The van der Waals surface area contributed by atoms with Gasteiger partial charge in [0, 0.05) is 21.8 Å². The van der Waals surface area contributed by atoms with Crippen molar-refractivity contribution in [3.63, 3.8) is 0 Å². The first-order valence-electron chi connectivity index (χ1n) is 4.29. The largest absolute Gasteiger partial charge is 0.398 e. The summed E-state index contributed by atoms with van der Waals surface area (Å²) in [7, 11) is 0. The Kier molecular flexibility index (Phi) is 2.42. The number of rotatable bonds is 1. The van der Waals surface area contributed by atoms with Gasteiger partial charge in [0.25, 0.3) is 0 Å². The molecule has 0 aromatic heterocycles. The maximum Gasteiger partial charge on any atom is 0.0491 e. The highest BCUT2D eigenvalue weighted by atomic mass is 35.5. The Morgan fingerprint density at radius 2 is 1.86 bits per heavy atom. The van der Waals surface area contributed by atoms with Crippen molar-refractivity contribution in [2.24, 2.45) is 0 Å². The molecule has 0 aliphatic carbocycles. The lowest BCUT2D eigenvalue weighted by Gasteiger charge is -2.06. The second-order valence-electron chi connectivity index (χ2n) is 2.99. The predicted octanol–water partition coefficient (Wildman–Crippen LogP) is 3.39. The molecule has 0 aliphatic rings. The van der Waals surface area contributed by atoms with Gasteiger partial charge in [0.2, 0.25) is 0 Å². The molecule has 0 unspecified atom stereocenters. The van der Waals surface area contributed by atoms with E-state index in [9.17, 15) is 0 Å². The highest BCUT2D eigenvalue weighted by Gasteiger charge is 2.04. The van der Waals surface area contributed by atoms with Crippen molar-refractivity contribution in [3.8, 4) is 11.1 Å². The van der Waals surface area contributed by atoms with Gasteiger partial charge in [0.15, 0.2) is 0 Å². The van der Waals surface area contributed by atoms with Crippen LogP contribution in [0.25, 0.3) is 11.1 Å². The molecule has 0 saturated carbocycles. The van der Waals surface area contributed by atoms with E-state index in [0.29, 0.717) is 5.02 Å². The fourth-order valence-electron chi connectivity index (χ4n) is 1.37. The average molecular weight is 203 g/mol. The number of nitrogens with two attached hydrogens (primary N) is 1. The van der Waals surface area contributed by atoms with Gasteiger partial charge in [-0.15, -0.1) is 0 Å². The van der Waals surface area contributed by atoms with Gasteiger partial charge in [-0.25, -0.2) is 0 Å². The van der Waals surface area contributed by atoms with Crippen molar-refractivity contribution in [2.45, 2.75) is 0 Å². The summed E-state index contributed by atoms with van der Waals surface area (Å²) >= 11 is 6.04. The number of anilines is 1. The second-order valence-corrected chi connectivity index (χ2v) is 3.40. The van der Waals surface area contributed by atoms with E-state index in [-0.39, 0.29) is 0 Å². The molecular formula is C12H9ClN. The molecule has 0 amide bonds. The standard InChI is InChI=1S/C12H9ClN/c13-11-7-3-1-5-9(11)10-6-2-4-8-12(10)14/h1-2,4-8H,14H2. The Hall–Kier alpha value is -1.47. The maximum absolute atomic E-state index is 6.04. The summed E-state index contributed by atoms with van der Waals surface area (Å²) < 4.78 is 0. The number of hydrogen-bond donors (Lipinski definition) is 1. The van der Waals surface area contributed by atoms with Crippen LogP contribution in [-0.4, -0.2) is 0 Å². The molecular weight excluding hydrogens is 194 g/mol. The monoisotopic (exact) mass is 202 g/mol. The zero-order valence-electron chi connectivity index (χ0n) is 7.50. The third-order valence-corrected chi connectivity index (χ3v) is 2.38.